The van der Waals surface area contributed by atoms with Gasteiger partial charge in [0.1, 0.15) is 0 Å². The third kappa shape index (κ3) is 5.05. The predicted molar refractivity (Wildman–Crippen MR) is 41.4 cm³/mol. The lowest BCUT2D eigenvalue weighted by Gasteiger charge is -2.00. The van der Waals surface area contributed by atoms with E-state index >= 15 is 0 Å². The van der Waals surface area contributed by atoms with Crippen molar-refractivity contribution in [1.82, 2.24) is 10.6 Å². The molecule has 0 bridgehead atoms. The fourth-order valence-corrected chi connectivity index (χ4v) is 0.396. The lowest BCUT2D eigenvalue weighted by Crippen LogP contribution is -2.32. The van der Waals surface area contributed by atoms with Crippen molar-refractivity contribution in [3.8, 4) is 0 Å². The third-order valence-electron chi connectivity index (χ3n) is 0.862. The zero-order chi connectivity index (χ0) is 7.82. The standard InChI is InChI=1S/C7H12N2O/c1-3-5-8-6-9-7(10)4-2/h3-4,8H,1-2,5-6H2,(H,9,10). The molecule has 3 heteroatoms. The molecule has 3 nitrogen and oxygen atoms in total. The van der Waals surface area contributed by atoms with Crippen LogP contribution in [-0.2, 0) is 4.79 Å². The second-order valence-electron chi connectivity index (χ2n) is 1.66. The first kappa shape index (κ1) is 8.91. The molecule has 0 unspecified atom stereocenters. The van der Waals surface area contributed by atoms with Crippen molar-refractivity contribution in [2.24, 2.45) is 0 Å². The van der Waals surface area contributed by atoms with Crippen LogP contribution in [0, 0.1) is 0 Å². The van der Waals surface area contributed by atoms with Crippen molar-refractivity contribution in [2.75, 3.05) is 13.2 Å². The molecule has 0 fully saturated rings. The Kier molecular flexibility index (Phi) is 5.38. The van der Waals surface area contributed by atoms with Crippen molar-refractivity contribution in [2.45, 2.75) is 0 Å². The van der Waals surface area contributed by atoms with Gasteiger partial charge < -0.3 is 5.32 Å². The second kappa shape index (κ2) is 6.04. The Morgan fingerprint density at radius 1 is 1.50 bits per heavy atom. The lowest BCUT2D eigenvalue weighted by molar-refractivity contribution is -0.116. The Balaban J connectivity index is 3.11. The summed E-state index contributed by atoms with van der Waals surface area (Å²) in [6.45, 7) is 7.95. The average Bonchev–Trinajstić information content (AvgIpc) is 1.98. The number of carbonyl (C=O) groups is 1. The first-order valence-electron chi connectivity index (χ1n) is 3.03. The highest BCUT2D eigenvalue weighted by molar-refractivity contribution is 5.86. The van der Waals surface area contributed by atoms with Gasteiger partial charge in [-0.2, -0.15) is 0 Å². The molecule has 0 atom stereocenters. The summed E-state index contributed by atoms with van der Waals surface area (Å²) in [6, 6.07) is 0. The van der Waals surface area contributed by atoms with Crippen LogP contribution in [0.1, 0.15) is 0 Å². The van der Waals surface area contributed by atoms with Crippen LogP contribution in [0.15, 0.2) is 25.3 Å². The number of hydrogen-bond acceptors (Lipinski definition) is 2. The van der Waals surface area contributed by atoms with Crippen LogP contribution in [0.2, 0.25) is 0 Å². The molecule has 0 aromatic heterocycles. The van der Waals surface area contributed by atoms with E-state index in [9.17, 15) is 4.79 Å². The molecule has 0 heterocycles. The van der Waals surface area contributed by atoms with Crippen LogP contribution in [0.25, 0.3) is 0 Å². The predicted octanol–water partition coefficient (Wildman–Crippen LogP) is 0.0217. The zero-order valence-corrected chi connectivity index (χ0v) is 5.89. The maximum absolute atomic E-state index is 10.5. The van der Waals surface area contributed by atoms with Crippen molar-refractivity contribution in [3.05, 3.63) is 25.3 Å². The van der Waals surface area contributed by atoms with Gasteiger partial charge in [-0.15, -0.1) is 6.58 Å². The number of hydrogen-bond donors (Lipinski definition) is 2. The average molecular weight is 140 g/mol. The maximum Gasteiger partial charge on any atom is 0.244 e. The highest BCUT2D eigenvalue weighted by atomic mass is 16.1. The Hall–Kier alpha value is -1.09. The van der Waals surface area contributed by atoms with Gasteiger partial charge in [0.25, 0.3) is 0 Å². The first-order chi connectivity index (χ1) is 4.81. The summed E-state index contributed by atoms with van der Waals surface area (Å²) in [7, 11) is 0. The number of carbonyl (C=O) groups excluding carboxylic acids is 1. The summed E-state index contributed by atoms with van der Waals surface area (Å²) >= 11 is 0. The molecule has 0 aliphatic rings. The molecule has 0 spiro atoms. The largest absolute Gasteiger partial charge is 0.340 e. The van der Waals surface area contributed by atoms with E-state index in [4.69, 9.17) is 0 Å². The minimum atomic E-state index is -0.170. The van der Waals surface area contributed by atoms with Gasteiger partial charge in [-0.25, -0.2) is 0 Å². The van der Waals surface area contributed by atoms with E-state index in [-0.39, 0.29) is 5.91 Å². The number of amides is 1. The van der Waals surface area contributed by atoms with Crippen LogP contribution >= 0.6 is 0 Å². The molecule has 56 valence electrons. The number of nitrogens with one attached hydrogen (secondary N) is 2. The van der Waals surface area contributed by atoms with Crippen molar-refractivity contribution in [1.29, 1.82) is 0 Å². The summed E-state index contributed by atoms with van der Waals surface area (Å²) in [5, 5.41) is 5.45. The maximum atomic E-state index is 10.5. The van der Waals surface area contributed by atoms with E-state index in [1.807, 2.05) is 0 Å². The molecular formula is C7H12N2O. The van der Waals surface area contributed by atoms with Crippen LogP contribution < -0.4 is 10.6 Å². The van der Waals surface area contributed by atoms with Crippen molar-refractivity contribution in [3.63, 3.8) is 0 Å². The Morgan fingerprint density at radius 2 is 2.20 bits per heavy atom. The Morgan fingerprint density at radius 3 is 2.70 bits per heavy atom. The highest BCUT2D eigenvalue weighted by Gasteiger charge is 1.88. The second-order valence-corrected chi connectivity index (χ2v) is 1.66. The van der Waals surface area contributed by atoms with Gasteiger partial charge in [-0.1, -0.05) is 12.7 Å². The van der Waals surface area contributed by atoms with E-state index < -0.39 is 0 Å². The van der Waals surface area contributed by atoms with E-state index in [2.05, 4.69) is 23.8 Å². The van der Waals surface area contributed by atoms with E-state index in [0.29, 0.717) is 13.2 Å². The topological polar surface area (TPSA) is 41.1 Å². The quantitative estimate of drug-likeness (QED) is 0.245. The van der Waals surface area contributed by atoms with Gasteiger partial charge in [0.05, 0.1) is 6.67 Å². The zero-order valence-electron chi connectivity index (χ0n) is 5.89. The van der Waals surface area contributed by atoms with Gasteiger partial charge in [-0.3, -0.25) is 10.1 Å². The summed E-state index contributed by atoms with van der Waals surface area (Å²) in [5.74, 6) is -0.170. The minimum absolute atomic E-state index is 0.170. The van der Waals surface area contributed by atoms with Crippen LogP contribution in [0.5, 0.6) is 0 Å². The minimum Gasteiger partial charge on any atom is -0.340 e. The van der Waals surface area contributed by atoms with Gasteiger partial charge in [-0.05, 0) is 6.08 Å². The molecule has 2 N–H and O–H groups in total. The molecule has 0 aliphatic carbocycles. The Bertz CT molecular complexity index is 132. The summed E-state index contributed by atoms with van der Waals surface area (Å²) in [4.78, 5) is 10.5. The normalized spacial score (nSPS) is 8.40. The Labute approximate surface area is 60.8 Å². The van der Waals surface area contributed by atoms with Gasteiger partial charge in [0.2, 0.25) is 5.91 Å². The molecule has 0 aromatic carbocycles. The molecule has 0 saturated heterocycles. The van der Waals surface area contributed by atoms with Gasteiger partial charge in [0.15, 0.2) is 0 Å². The van der Waals surface area contributed by atoms with Crippen LogP contribution in [0.3, 0.4) is 0 Å². The fraction of sp³-hybridized carbons (Fsp3) is 0.286. The monoisotopic (exact) mass is 140 g/mol. The SMILES string of the molecule is C=CCNCNC(=O)C=C. The van der Waals surface area contributed by atoms with Crippen molar-refractivity contribution < 1.29 is 4.79 Å². The first-order valence-corrected chi connectivity index (χ1v) is 3.03. The number of rotatable bonds is 5. The molecule has 0 radical (unpaired) electrons. The lowest BCUT2D eigenvalue weighted by atomic mass is 10.6. The molecule has 0 aromatic rings. The van der Waals surface area contributed by atoms with E-state index in [1.165, 1.54) is 6.08 Å². The van der Waals surface area contributed by atoms with Crippen LogP contribution in [0.4, 0.5) is 0 Å². The summed E-state index contributed by atoms with van der Waals surface area (Å²) in [6.07, 6.45) is 2.95. The smallest absolute Gasteiger partial charge is 0.244 e. The van der Waals surface area contributed by atoms with E-state index in [1.54, 1.807) is 6.08 Å². The molecule has 0 saturated carbocycles. The third-order valence-corrected chi connectivity index (χ3v) is 0.862. The molecule has 0 rings (SSSR count). The molecular weight excluding hydrogens is 128 g/mol. The molecule has 1 amide bonds. The van der Waals surface area contributed by atoms with Crippen LogP contribution in [-0.4, -0.2) is 19.1 Å². The van der Waals surface area contributed by atoms with Gasteiger partial charge in [0, 0.05) is 6.54 Å². The van der Waals surface area contributed by atoms with Crippen molar-refractivity contribution >= 4 is 5.91 Å². The van der Waals surface area contributed by atoms with E-state index in [0.717, 1.165) is 0 Å². The fourth-order valence-electron chi connectivity index (χ4n) is 0.396. The molecule has 0 aliphatic heterocycles. The summed E-state index contributed by atoms with van der Waals surface area (Å²) < 4.78 is 0. The van der Waals surface area contributed by atoms with Gasteiger partial charge >= 0.3 is 0 Å². The molecule has 10 heavy (non-hydrogen) atoms. The summed E-state index contributed by atoms with van der Waals surface area (Å²) in [5.41, 5.74) is 0. The highest BCUT2D eigenvalue weighted by Crippen LogP contribution is 1.63.